The van der Waals surface area contributed by atoms with E-state index in [0.717, 1.165) is 17.2 Å². The lowest BCUT2D eigenvalue weighted by Crippen LogP contribution is -2.05. The second-order valence-corrected chi connectivity index (χ2v) is 8.51. The van der Waals surface area contributed by atoms with Crippen molar-refractivity contribution in [1.82, 2.24) is 14.8 Å². The summed E-state index contributed by atoms with van der Waals surface area (Å²) in [7, 11) is 1.91. The molecule has 0 bridgehead atoms. The Morgan fingerprint density at radius 1 is 1.48 bits per heavy atom. The number of thioether (sulfide) groups is 1. The van der Waals surface area contributed by atoms with Crippen LogP contribution in [0.4, 0.5) is 5.00 Å². The third-order valence-electron chi connectivity index (χ3n) is 3.79. The summed E-state index contributed by atoms with van der Waals surface area (Å²) in [6.07, 6.45) is 0.713. The summed E-state index contributed by atoms with van der Waals surface area (Å²) in [5, 5.41) is 21.0. The molecule has 10 heteroatoms. The van der Waals surface area contributed by atoms with E-state index >= 15 is 0 Å². The zero-order valence-corrected chi connectivity index (χ0v) is 17.2. The van der Waals surface area contributed by atoms with Crippen LogP contribution in [0.1, 0.15) is 38.4 Å². The van der Waals surface area contributed by atoms with E-state index in [9.17, 15) is 10.1 Å². The number of aromatic nitrogens is 3. The van der Waals surface area contributed by atoms with Gasteiger partial charge >= 0.3 is 5.97 Å². The number of anilines is 1. The van der Waals surface area contributed by atoms with Crippen LogP contribution in [0.15, 0.2) is 22.7 Å². The number of hydrogen-bond acceptors (Lipinski definition) is 9. The Kier molecular flexibility index (Phi) is 6.15. The maximum atomic E-state index is 12.2. The molecular weight excluding hydrogens is 402 g/mol. The summed E-state index contributed by atoms with van der Waals surface area (Å²) < 4.78 is 7.01. The monoisotopic (exact) mass is 419 g/mol. The van der Waals surface area contributed by atoms with E-state index in [0.29, 0.717) is 38.3 Å². The van der Waals surface area contributed by atoms with Crippen LogP contribution in [0.25, 0.3) is 0 Å². The molecule has 2 N–H and O–H groups in total. The predicted octanol–water partition coefficient (Wildman–Crippen LogP) is 3.45. The average molecular weight is 420 g/mol. The zero-order valence-electron chi connectivity index (χ0n) is 14.8. The number of hydrogen-bond donors (Lipinski definition) is 1. The molecule has 0 unspecified atom stereocenters. The van der Waals surface area contributed by atoms with Gasteiger partial charge in [-0.05, 0) is 18.4 Å². The fraction of sp³-hybridized carbons (Fsp3) is 0.294. The van der Waals surface area contributed by atoms with Crippen LogP contribution in [-0.4, -0.2) is 27.3 Å². The average Bonchev–Trinajstić information content (AvgIpc) is 3.35. The molecule has 3 rings (SSSR count). The van der Waals surface area contributed by atoms with Crippen molar-refractivity contribution in [3.05, 3.63) is 44.2 Å². The van der Waals surface area contributed by atoms with Crippen molar-refractivity contribution in [2.75, 3.05) is 12.3 Å². The summed E-state index contributed by atoms with van der Waals surface area (Å²) in [5.74, 6) is 0.786. The third-order valence-corrected chi connectivity index (χ3v) is 6.75. The lowest BCUT2D eigenvalue weighted by Gasteiger charge is -2.05. The Morgan fingerprint density at radius 3 is 2.96 bits per heavy atom. The van der Waals surface area contributed by atoms with Crippen molar-refractivity contribution in [2.45, 2.75) is 24.3 Å². The molecule has 0 fully saturated rings. The van der Waals surface area contributed by atoms with Gasteiger partial charge in [-0.2, -0.15) is 5.26 Å². The first-order chi connectivity index (χ1) is 13.0. The van der Waals surface area contributed by atoms with Gasteiger partial charge in [-0.25, -0.2) is 4.79 Å². The second-order valence-electron chi connectivity index (χ2n) is 5.48. The van der Waals surface area contributed by atoms with Gasteiger partial charge < -0.3 is 15.0 Å². The largest absolute Gasteiger partial charge is 0.462 e. The van der Waals surface area contributed by atoms with Crippen molar-refractivity contribution in [2.24, 2.45) is 7.05 Å². The van der Waals surface area contributed by atoms with Crippen LogP contribution in [0.5, 0.6) is 0 Å². The van der Waals surface area contributed by atoms with Gasteiger partial charge in [0.15, 0.2) is 5.16 Å². The van der Waals surface area contributed by atoms with Crippen molar-refractivity contribution in [3.8, 4) is 6.07 Å². The van der Waals surface area contributed by atoms with Crippen molar-refractivity contribution >= 4 is 45.4 Å². The highest BCUT2D eigenvalue weighted by atomic mass is 32.2. The van der Waals surface area contributed by atoms with E-state index in [1.807, 2.05) is 23.1 Å². The molecule has 140 valence electrons. The SMILES string of the molecule is CCOC(=O)c1sc(N)c(C#N)c1CSc1nnc(Cc2cccs2)n1C. The van der Waals surface area contributed by atoms with Crippen LogP contribution < -0.4 is 5.73 Å². The topological polar surface area (TPSA) is 107 Å². The number of ether oxygens (including phenoxy) is 1. The minimum absolute atomic E-state index is 0.264. The number of carbonyl (C=O) groups excluding carboxylic acids is 1. The predicted molar refractivity (Wildman–Crippen MR) is 107 cm³/mol. The van der Waals surface area contributed by atoms with Gasteiger partial charge in [0, 0.05) is 29.7 Å². The summed E-state index contributed by atoms with van der Waals surface area (Å²) in [6, 6.07) is 6.16. The summed E-state index contributed by atoms with van der Waals surface area (Å²) >= 11 is 4.17. The second kappa shape index (κ2) is 8.56. The number of nitrogens with two attached hydrogens (primary N) is 1. The molecule has 0 saturated carbocycles. The molecule has 0 atom stereocenters. The Hall–Kier alpha value is -2.35. The van der Waals surface area contributed by atoms with E-state index in [1.54, 1.807) is 18.3 Å². The highest BCUT2D eigenvalue weighted by Crippen LogP contribution is 2.35. The Morgan fingerprint density at radius 2 is 2.30 bits per heavy atom. The smallest absolute Gasteiger partial charge is 0.348 e. The molecule has 0 aliphatic rings. The lowest BCUT2D eigenvalue weighted by molar-refractivity contribution is 0.0531. The minimum atomic E-state index is -0.456. The van der Waals surface area contributed by atoms with E-state index < -0.39 is 5.97 Å². The van der Waals surface area contributed by atoms with Gasteiger partial charge in [0.05, 0.1) is 12.2 Å². The van der Waals surface area contributed by atoms with E-state index in [1.165, 1.54) is 16.6 Å². The highest BCUT2D eigenvalue weighted by molar-refractivity contribution is 7.98. The molecule has 0 saturated heterocycles. The summed E-state index contributed by atoms with van der Waals surface area (Å²) in [5.41, 5.74) is 6.83. The third kappa shape index (κ3) is 4.16. The van der Waals surface area contributed by atoms with Gasteiger partial charge in [-0.1, -0.05) is 17.8 Å². The Bertz CT molecular complexity index is 985. The van der Waals surface area contributed by atoms with E-state index in [2.05, 4.69) is 22.3 Å². The van der Waals surface area contributed by atoms with E-state index in [4.69, 9.17) is 10.5 Å². The van der Waals surface area contributed by atoms with Gasteiger partial charge in [-0.15, -0.1) is 32.9 Å². The Balaban J connectivity index is 1.80. The van der Waals surface area contributed by atoms with Crippen molar-refractivity contribution < 1.29 is 9.53 Å². The van der Waals surface area contributed by atoms with Gasteiger partial charge in [0.1, 0.15) is 21.8 Å². The lowest BCUT2D eigenvalue weighted by atomic mass is 10.2. The molecule has 3 aromatic heterocycles. The highest BCUT2D eigenvalue weighted by Gasteiger charge is 2.23. The number of rotatable bonds is 7. The number of nitrogens with zero attached hydrogens (tertiary/aromatic N) is 4. The maximum absolute atomic E-state index is 12.2. The summed E-state index contributed by atoms with van der Waals surface area (Å²) in [6.45, 7) is 2.00. The molecule has 3 heterocycles. The van der Waals surface area contributed by atoms with Gasteiger partial charge in [0.2, 0.25) is 0 Å². The number of nitriles is 1. The molecule has 0 amide bonds. The van der Waals surface area contributed by atoms with Crippen LogP contribution in [0.2, 0.25) is 0 Å². The van der Waals surface area contributed by atoms with Crippen LogP contribution in [0.3, 0.4) is 0 Å². The quantitative estimate of drug-likeness (QED) is 0.462. The van der Waals surface area contributed by atoms with Crippen LogP contribution >= 0.6 is 34.4 Å². The van der Waals surface area contributed by atoms with Crippen molar-refractivity contribution in [1.29, 1.82) is 5.26 Å². The zero-order chi connectivity index (χ0) is 19.4. The fourth-order valence-electron chi connectivity index (χ4n) is 2.44. The molecule has 0 spiro atoms. The van der Waals surface area contributed by atoms with Crippen molar-refractivity contribution in [3.63, 3.8) is 0 Å². The first kappa shape index (κ1) is 19.4. The number of nitrogen functional groups attached to an aromatic ring is 1. The fourth-order valence-corrected chi connectivity index (χ4v) is 5.12. The minimum Gasteiger partial charge on any atom is -0.462 e. The molecular formula is C17H17N5O2S3. The normalized spacial score (nSPS) is 10.7. The molecule has 3 aromatic rings. The first-order valence-corrected chi connectivity index (χ1v) is 10.7. The molecule has 0 aromatic carbocycles. The molecule has 0 radical (unpaired) electrons. The summed E-state index contributed by atoms with van der Waals surface area (Å²) in [4.78, 5) is 13.8. The standard InChI is InChI=1S/C17H17N5O2S3/c1-3-24-16(23)14-12(11(8-18)15(19)27-14)9-26-17-21-20-13(22(17)2)7-10-5-4-6-25-10/h4-6H,3,7,9,19H2,1-2H3. The van der Waals surface area contributed by atoms with Crippen LogP contribution in [0, 0.1) is 11.3 Å². The maximum Gasteiger partial charge on any atom is 0.348 e. The van der Waals surface area contributed by atoms with Gasteiger partial charge in [-0.3, -0.25) is 0 Å². The molecule has 0 aliphatic heterocycles. The van der Waals surface area contributed by atoms with Gasteiger partial charge in [0.25, 0.3) is 0 Å². The molecule has 7 nitrogen and oxygen atoms in total. The number of esters is 1. The first-order valence-electron chi connectivity index (χ1n) is 8.06. The Labute approximate surface area is 168 Å². The number of carbonyl (C=O) groups is 1. The molecule has 27 heavy (non-hydrogen) atoms. The molecule has 0 aliphatic carbocycles. The van der Waals surface area contributed by atoms with Crippen LogP contribution in [-0.2, 0) is 24.0 Å². The van der Waals surface area contributed by atoms with E-state index in [-0.39, 0.29) is 6.61 Å². The number of thiophene rings is 2.